The highest BCUT2D eigenvalue weighted by Crippen LogP contribution is 2.19. The maximum atomic E-state index is 12.0. The average molecular weight is 327 g/mol. The van der Waals surface area contributed by atoms with E-state index < -0.39 is 0 Å². The van der Waals surface area contributed by atoms with E-state index in [1.807, 2.05) is 24.3 Å². The van der Waals surface area contributed by atoms with Gasteiger partial charge in [0.2, 0.25) is 0 Å². The molecule has 0 spiro atoms. The van der Waals surface area contributed by atoms with Gasteiger partial charge in [-0.3, -0.25) is 0 Å². The van der Waals surface area contributed by atoms with Crippen molar-refractivity contribution < 1.29 is 9.90 Å². The zero-order valence-electron chi connectivity index (χ0n) is 11.0. The SMILES string of the molecule is C[C@H](O)[C@@H]1CCN(C(=O)NCc2ccc(Br)cc2)C1. The summed E-state index contributed by atoms with van der Waals surface area (Å²) in [4.78, 5) is 13.8. The van der Waals surface area contributed by atoms with Crippen LogP contribution in [0.2, 0.25) is 0 Å². The van der Waals surface area contributed by atoms with Crippen molar-refractivity contribution in [3.8, 4) is 0 Å². The van der Waals surface area contributed by atoms with Gasteiger partial charge in [0, 0.05) is 30.0 Å². The van der Waals surface area contributed by atoms with Crippen molar-refractivity contribution in [2.75, 3.05) is 13.1 Å². The second-order valence-electron chi connectivity index (χ2n) is 5.02. The molecule has 5 heteroatoms. The second-order valence-corrected chi connectivity index (χ2v) is 5.94. The lowest BCUT2D eigenvalue weighted by molar-refractivity contribution is 0.129. The third-order valence-corrected chi connectivity index (χ3v) is 4.08. The van der Waals surface area contributed by atoms with E-state index in [-0.39, 0.29) is 18.1 Å². The number of benzene rings is 1. The molecular weight excluding hydrogens is 308 g/mol. The van der Waals surface area contributed by atoms with Gasteiger partial charge in [0.05, 0.1) is 6.10 Å². The van der Waals surface area contributed by atoms with Crippen molar-refractivity contribution in [3.63, 3.8) is 0 Å². The predicted octanol–water partition coefficient (Wildman–Crippen LogP) is 2.36. The molecule has 1 heterocycles. The summed E-state index contributed by atoms with van der Waals surface area (Å²) in [6, 6.07) is 7.83. The number of aliphatic hydroxyl groups is 1. The van der Waals surface area contributed by atoms with Crippen LogP contribution >= 0.6 is 15.9 Å². The molecule has 0 unspecified atom stereocenters. The number of halogens is 1. The number of aliphatic hydroxyl groups excluding tert-OH is 1. The molecule has 1 fully saturated rings. The van der Waals surface area contributed by atoms with Crippen LogP contribution in [0.4, 0.5) is 4.79 Å². The van der Waals surface area contributed by atoms with Crippen LogP contribution in [0.1, 0.15) is 18.9 Å². The smallest absolute Gasteiger partial charge is 0.317 e. The largest absolute Gasteiger partial charge is 0.393 e. The van der Waals surface area contributed by atoms with E-state index in [9.17, 15) is 9.90 Å². The molecule has 1 aliphatic rings. The molecule has 4 nitrogen and oxygen atoms in total. The fourth-order valence-corrected chi connectivity index (χ4v) is 2.52. The molecule has 1 aliphatic heterocycles. The first-order valence-electron chi connectivity index (χ1n) is 6.51. The summed E-state index contributed by atoms with van der Waals surface area (Å²) >= 11 is 3.38. The van der Waals surface area contributed by atoms with E-state index in [4.69, 9.17) is 0 Å². The van der Waals surface area contributed by atoms with Crippen LogP contribution in [0.15, 0.2) is 28.7 Å². The molecule has 0 saturated carbocycles. The summed E-state index contributed by atoms with van der Waals surface area (Å²) in [5.41, 5.74) is 1.07. The van der Waals surface area contributed by atoms with Gasteiger partial charge < -0.3 is 15.3 Å². The van der Waals surface area contributed by atoms with E-state index in [1.54, 1.807) is 11.8 Å². The van der Waals surface area contributed by atoms with Crippen LogP contribution in [-0.2, 0) is 6.54 Å². The van der Waals surface area contributed by atoms with Gasteiger partial charge in [-0.15, -0.1) is 0 Å². The monoisotopic (exact) mass is 326 g/mol. The molecule has 2 rings (SSSR count). The van der Waals surface area contributed by atoms with Crippen LogP contribution < -0.4 is 5.32 Å². The maximum absolute atomic E-state index is 12.0. The van der Waals surface area contributed by atoms with E-state index in [1.165, 1.54) is 0 Å². The first-order valence-corrected chi connectivity index (χ1v) is 7.31. The van der Waals surface area contributed by atoms with Crippen molar-refractivity contribution in [1.29, 1.82) is 0 Å². The van der Waals surface area contributed by atoms with E-state index in [0.717, 1.165) is 23.0 Å². The summed E-state index contributed by atoms with van der Waals surface area (Å²) in [7, 11) is 0. The Bertz CT molecular complexity index is 434. The molecule has 104 valence electrons. The lowest BCUT2D eigenvalue weighted by atomic mass is 10.0. The molecule has 1 saturated heterocycles. The number of carbonyl (C=O) groups excluding carboxylic acids is 1. The number of likely N-dealkylation sites (tertiary alicyclic amines) is 1. The summed E-state index contributed by atoms with van der Waals surface area (Å²) in [5, 5.41) is 12.4. The number of amides is 2. The molecule has 0 aliphatic carbocycles. The van der Waals surface area contributed by atoms with Gasteiger partial charge in [-0.25, -0.2) is 4.79 Å². The fraction of sp³-hybridized carbons (Fsp3) is 0.500. The number of hydrogen-bond donors (Lipinski definition) is 2. The Morgan fingerprint density at radius 2 is 2.21 bits per heavy atom. The van der Waals surface area contributed by atoms with Gasteiger partial charge in [-0.1, -0.05) is 28.1 Å². The Balaban J connectivity index is 1.80. The molecule has 0 radical (unpaired) electrons. The Kier molecular flexibility index (Phi) is 4.82. The van der Waals surface area contributed by atoms with E-state index in [2.05, 4.69) is 21.2 Å². The first-order chi connectivity index (χ1) is 9.06. The number of carbonyl (C=O) groups is 1. The van der Waals surface area contributed by atoms with Crippen LogP contribution in [0.25, 0.3) is 0 Å². The Labute approximate surface area is 121 Å². The highest BCUT2D eigenvalue weighted by atomic mass is 79.9. The number of urea groups is 1. The first kappa shape index (κ1) is 14.3. The molecule has 0 bridgehead atoms. The number of hydrogen-bond acceptors (Lipinski definition) is 2. The fourth-order valence-electron chi connectivity index (χ4n) is 2.26. The molecule has 2 N–H and O–H groups in total. The zero-order chi connectivity index (χ0) is 13.8. The molecule has 2 atom stereocenters. The van der Waals surface area contributed by atoms with Crippen molar-refractivity contribution in [1.82, 2.24) is 10.2 Å². The van der Waals surface area contributed by atoms with Crippen molar-refractivity contribution in [2.24, 2.45) is 5.92 Å². The quantitative estimate of drug-likeness (QED) is 0.895. The van der Waals surface area contributed by atoms with Crippen LogP contribution in [0.3, 0.4) is 0 Å². The van der Waals surface area contributed by atoms with Gasteiger partial charge >= 0.3 is 6.03 Å². The minimum absolute atomic E-state index is 0.0499. The standard InChI is InChI=1S/C14H19BrN2O2/c1-10(18)12-6-7-17(9-12)14(19)16-8-11-2-4-13(15)5-3-11/h2-5,10,12,18H,6-9H2,1H3,(H,16,19)/t10-,12+/m0/s1. The topological polar surface area (TPSA) is 52.6 Å². The van der Waals surface area contributed by atoms with E-state index in [0.29, 0.717) is 13.1 Å². The lowest BCUT2D eigenvalue weighted by Crippen LogP contribution is -2.38. The molecule has 1 aromatic rings. The molecule has 2 amide bonds. The number of rotatable bonds is 3. The molecule has 0 aromatic heterocycles. The van der Waals surface area contributed by atoms with Gasteiger partial charge in [0.15, 0.2) is 0 Å². The third-order valence-electron chi connectivity index (χ3n) is 3.55. The van der Waals surface area contributed by atoms with Crippen LogP contribution in [0, 0.1) is 5.92 Å². The summed E-state index contributed by atoms with van der Waals surface area (Å²) in [5.74, 6) is 0.207. The normalized spacial score (nSPS) is 20.4. The van der Waals surface area contributed by atoms with Crippen LogP contribution in [0.5, 0.6) is 0 Å². The van der Waals surface area contributed by atoms with Crippen LogP contribution in [-0.4, -0.2) is 35.2 Å². The Morgan fingerprint density at radius 1 is 1.53 bits per heavy atom. The highest BCUT2D eigenvalue weighted by Gasteiger charge is 2.28. The predicted molar refractivity (Wildman–Crippen MR) is 77.7 cm³/mol. The van der Waals surface area contributed by atoms with Gasteiger partial charge in [0.25, 0.3) is 0 Å². The summed E-state index contributed by atoms with van der Waals surface area (Å²) < 4.78 is 1.03. The number of nitrogens with one attached hydrogen (secondary N) is 1. The molecule has 19 heavy (non-hydrogen) atoms. The average Bonchev–Trinajstić information content (AvgIpc) is 2.87. The zero-order valence-corrected chi connectivity index (χ0v) is 12.6. The lowest BCUT2D eigenvalue weighted by Gasteiger charge is -2.18. The van der Waals surface area contributed by atoms with Crippen molar-refractivity contribution in [3.05, 3.63) is 34.3 Å². The third kappa shape index (κ3) is 3.94. The van der Waals surface area contributed by atoms with Crippen molar-refractivity contribution >= 4 is 22.0 Å². The van der Waals surface area contributed by atoms with Gasteiger partial charge in [-0.2, -0.15) is 0 Å². The summed E-state index contributed by atoms with van der Waals surface area (Å²) in [6.45, 7) is 3.68. The number of nitrogens with zero attached hydrogens (tertiary/aromatic N) is 1. The second kappa shape index (κ2) is 6.39. The maximum Gasteiger partial charge on any atom is 0.317 e. The van der Waals surface area contributed by atoms with Crippen molar-refractivity contribution in [2.45, 2.75) is 26.0 Å². The van der Waals surface area contributed by atoms with Gasteiger partial charge in [-0.05, 0) is 31.0 Å². The van der Waals surface area contributed by atoms with E-state index >= 15 is 0 Å². The molecular formula is C14H19BrN2O2. The Hall–Kier alpha value is -1.07. The minimum Gasteiger partial charge on any atom is -0.393 e. The van der Waals surface area contributed by atoms with Gasteiger partial charge in [0.1, 0.15) is 0 Å². The Morgan fingerprint density at radius 3 is 2.79 bits per heavy atom. The minimum atomic E-state index is -0.343. The molecule has 1 aromatic carbocycles. The highest BCUT2D eigenvalue weighted by molar-refractivity contribution is 9.10. The summed E-state index contributed by atoms with van der Waals surface area (Å²) in [6.07, 6.45) is 0.535.